The Balaban J connectivity index is 4.71. The highest BCUT2D eigenvalue weighted by atomic mass is 15.2. The summed E-state index contributed by atoms with van der Waals surface area (Å²) in [6.07, 6.45) is 5.14. The highest BCUT2D eigenvalue weighted by Crippen LogP contribution is 2.18. The average molecular weight is 285 g/mol. The zero-order chi connectivity index (χ0) is 15.5. The van der Waals surface area contributed by atoms with E-state index in [2.05, 4.69) is 58.7 Å². The average Bonchev–Trinajstić information content (AvgIpc) is 2.37. The molecule has 0 amide bonds. The van der Waals surface area contributed by atoms with Gasteiger partial charge >= 0.3 is 0 Å². The first kappa shape index (κ1) is 19.9. The third kappa shape index (κ3) is 8.26. The molecule has 1 atom stereocenters. The second-order valence-electron chi connectivity index (χ2n) is 7.06. The van der Waals surface area contributed by atoms with Gasteiger partial charge in [-0.2, -0.15) is 0 Å². The van der Waals surface area contributed by atoms with E-state index in [0.717, 1.165) is 31.0 Å². The maximum atomic E-state index is 3.68. The topological polar surface area (TPSA) is 15.3 Å². The highest BCUT2D eigenvalue weighted by Gasteiger charge is 2.24. The molecule has 20 heavy (non-hydrogen) atoms. The van der Waals surface area contributed by atoms with Crippen molar-refractivity contribution in [2.24, 2.45) is 11.8 Å². The fourth-order valence-electron chi connectivity index (χ4n) is 3.03. The monoisotopic (exact) mass is 284 g/mol. The summed E-state index contributed by atoms with van der Waals surface area (Å²) < 4.78 is 0. The van der Waals surface area contributed by atoms with Crippen molar-refractivity contribution in [1.82, 2.24) is 10.2 Å². The Labute approximate surface area is 128 Å². The Morgan fingerprint density at radius 3 is 1.80 bits per heavy atom. The van der Waals surface area contributed by atoms with E-state index in [1.165, 1.54) is 32.2 Å². The van der Waals surface area contributed by atoms with Gasteiger partial charge in [-0.15, -0.1) is 0 Å². The molecular formula is C18H40N2. The van der Waals surface area contributed by atoms with E-state index in [4.69, 9.17) is 0 Å². The Bertz CT molecular complexity index is 209. The van der Waals surface area contributed by atoms with Crippen LogP contribution in [0.4, 0.5) is 0 Å². The Morgan fingerprint density at radius 2 is 1.40 bits per heavy atom. The number of hydrogen-bond acceptors (Lipinski definition) is 2. The summed E-state index contributed by atoms with van der Waals surface area (Å²) in [5, 5.41) is 3.68. The normalized spacial score (nSPS) is 13.9. The Kier molecular flexibility index (Phi) is 11.5. The van der Waals surface area contributed by atoms with E-state index in [0.29, 0.717) is 6.04 Å². The third-order valence-corrected chi connectivity index (χ3v) is 4.01. The van der Waals surface area contributed by atoms with Crippen molar-refractivity contribution in [2.45, 2.75) is 86.2 Å². The lowest BCUT2D eigenvalue weighted by Gasteiger charge is -2.39. The molecule has 0 saturated heterocycles. The minimum Gasteiger partial charge on any atom is -0.315 e. The smallest absolute Gasteiger partial charge is 0.0223 e. The van der Waals surface area contributed by atoms with Crippen LogP contribution in [0.2, 0.25) is 0 Å². The molecule has 0 heterocycles. The molecule has 0 aromatic rings. The molecule has 2 heteroatoms. The van der Waals surface area contributed by atoms with Crippen molar-refractivity contribution >= 4 is 0 Å². The molecule has 0 aliphatic carbocycles. The first-order valence-corrected chi connectivity index (χ1v) is 8.92. The predicted molar refractivity (Wildman–Crippen MR) is 92.3 cm³/mol. The van der Waals surface area contributed by atoms with Gasteiger partial charge in [0.1, 0.15) is 0 Å². The standard InChI is InChI=1S/C18H40N2/c1-8-11-18(13-19-12-15(4)5)20(14-16(6)7)17(9-2)10-3/h15-19H,8-14H2,1-7H3. The van der Waals surface area contributed by atoms with E-state index >= 15 is 0 Å². The Morgan fingerprint density at radius 1 is 0.800 bits per heavy atom. The lowest BCUT2D eigenvalue weighted by Crippen LogP contribution is -2.49. The van der Waals surface area contributed by atoms with Crippen molar-refractivity contribution in [3.63, 3.8) is 0 Å². The molecule has 0 rings (SSSR count). The minimum absolute atomic E-state index is 0.700. The van der Waals surface area contributed by atoms with Gasteiger partial charge in [0.05, 0.1) is 0 Å². The fourth-order valence-corrected chi connectivity index (χ4v) is 3.03. The van der Waals surface area contributed by atoms with E-state index in [1.54, 1.807) is 0 Å². The van der Waals surface area contributed by atoms with Crippen molar-refractivity contribution in [3.05, 3.63) is 0 Å². The Hall–Kier alpha value is -0.0800. The number of nitrogens with one attached hydrogen (secondary N) is 1. The van der Waals surface area contributed by atoms with Crippen LogP contribution >= 0.6 is 0 Å². The van der Waals surface area contributed by atoms with Crippen LogP contribution < -0.4 is 5.32 Å². The third-order valence-electron chi connectivity index (χ3n) is 4.01. The van der Waals surface area contributed by atoms with Crippen LogP contribution in [0.15, 0.2) is 0 Å². The van der Waals surface area contributed by atoms with Crippen LogP contribution in [-0.4, -0.2) is 36.6 Å². The second-order valence-corrected chi connectivity index (χ2v) is 7.06. The second kappa shape index (κ2) is 11.6. The molecule has 1 unspecified atom stereocenters. The maximum absolute atomic E-state index is 3.68. The molecule has 0 aliphatic rings. The van der Waals surface area contributed by atoms with Crippen molar-refractivity contribution in [1.29, 1.82) is 0 Å². The summed E-state index contributed by atoms with van der Waals surface area (Å²) in [7, 11) is 0. The van der Waals surface area contributed by atoms with Gasteiger partial charge in [-0.1, -0.05) is 54.9 Å². The summed E-state index contributed by atoms with van der Waals surface area (Å²) in [5.74, 6) is 1.49. The zero-order valence-corrected chi connectivity index (χ0v) is 15.2. The molecule has 0 bridgehead atoms. The highest BCUT2D eigenvalue weighted by molar-refractivity contribution is 4.80. The number of rotatable bonds is 12. The van der Waals surface area contributed by atoms with Crippen LogP contribution in [0, 0.1) is 11.8 Å². The summed E-state index contributed by atoms with van der Waals surface area (Å²) in [6, 6.07) is 1.45. The quantitative estimate of drug-likeness (QED) is 0.566. The van der Waals surface area contributed by atoms with Crippen molar-refractivity contribution < 1.29 is 0 Å². The molecule has 122 valence electrons. The van der Waals surface area contributed by atoms with Crippen LogP contribution in [0.3, 0.4) is 0 Å². The number of hydrogen-bond donors (Lipinski definition) is 1. The molecular weight excluding hydrogens is 244 g/mol. The SMILES string of the molecule is CCCC(CNCC(C)C)N(CC(C)C)C(CC)CC. The van der Waals surface area contributed by atoms with E-state index in [1.807, 2.05) is 0 Å². The van der Waals surface area contributed by atoms with Crippen molar-refractivity contribution in [2.75, 3.05) is 19.6 Å². The van der Waals surface area contributed by atoms with Crippen molar-refractivity contribution in [3.8, 4) is 0 Å². The minimum atomic E-state index is 0.700. The predicted octanol–water partition coefficient (Wildman–Crippen LogP) is 4.55. The van der Waals surface area contributed by atoms with Gasteiger partial charge < -0.3 is 5.32 Å². The summed E-state index contributed by atoms with van der Waals surface area (Å²) in [6.45, 7) is 19.8. The van der Waals surface area contributed by atoms with Gasteiger partial charge in [0, 0.05) is 25.2 Å². The first-order chi connectivity index (χ1) is 9.46. The van der Waals surface area contributed by atoms with Gasteiger partial charge in [0.2, 0.25) is 0 Å². The maximum Gasteiger partial charge on any atom is 0.0223 e. The van der Waals surface area contributed by atoms with Gasteiger partial charge in [-0.25, -0.2) is 0 Å². The van der Waals surface area contributed by atoms with Gasteiger partial charge in [-0.05, 0) is 37.6 Å². The molecule has 0 spiro atoms. The molecule has 0 aromatic carbocycles. The summed E-state index contributed by atoms with van der Waals surface area (Å²) in [4.78, 5) is 2.79. The van der Waals surface area contributed by atoms with Crippen LogP contribution in [0.25, 0.3) is 0 Å². The van der Waals surface area contributed by atoms with Crippen LogP contribution in [0.5, 0.6) is 0 Å². The van der Waals surface area contributed by atoms with E-state index < -0.39 is 0 Å². The lowest BCUT2D eigenvalue weighted by atomic mass is 10.0. The molecule has 0 aliphatic heterocycles. The molecule has 0 fully saturated rings. The van der Waals surface area contributed by atoms with E-state index in [9.17, 15) is 0 Å². The van der Waals surface area contributed by atoms with Crippen LogP contribution in [0.1, 0.15) is 74.1 Å². The van der Waals surface area contributed by atoms with Crippen LogP contribution in [-0.2, 0) is 0 Å². The van der Waals surface area contributed by atoms with E-state index in [-0.39, 0.29) is 0 Å². The molecule has 1 N–H and O–H groups in total. The fraction of sp³-hybridized carbons (Fsp3) is 1.00. The molecule has 0 aromatic heterocycles. The zero-order valence-electron chi connectivity index (χ0n) is 15.2. The van der Waals surface area contributed by atoms with Gasteiger partial charge in [0.25, 0.3) is 0 Å². The van der Waals surface area contributed by atoms with Gasteiger partial charge in [0.15, 0.2) is 0 Å². The largest absolute Gasteiger partial charge is 0.315 e. The summed E-state index contributed by atoms with van der Waals surface area (Å²) >= 11 is 0. The van der Waals surface area contributed by atoms with Gasteiger partial charge in [-0.3, -0.25) is 4.90 Å². The number of nitrogens with zero attached hydrogens (tertiary/aromatic N) is 1. The summed E-state index contributed by atoms with van der Waals surface area (Å²) in [5.41, 5.74) is 0. The lowest BCUT2D eigenvalue weighted by molar-refractivity contribution is 0.101. The first-order valence-electron chi connectivity index (χ1n) is 8.92. The molecule has 2 nitrogen and oxygen atoms in total. The molecule has 0 saturated carbocycles. The molecule has 0 radical (unpaired) electrons.